The maximum absolute atomic E-state index is 13.8. The number of carbonyl (C=O) groups is 1. The number of sulfone groups is 1. The van der Waals surface area contributed by atoms with Gasteiger partial charge in [-0.3, -0.25) is 4.79 Å². The highest BCUT2D eigenvalue weighted by Gasteiger charge is 2.34. The number of rotatable bonds is 6. The summed E-state index contributed by atoms with van der Waals surface area (Å²) in [5.74, 6) is -1.70. The first-order chi connectivity index (χ1) is 12.8. The van der Waals surface area contributed by atoms with Gasteiger partial charge < -0.3 is 4.90 Å². The zero-order valence-corrected chi connectivity index (χ0v) is 16.1. The van der Waals surface area contributed by atoms with E-state index in [0.717, 1.165) is 29.5 Å². The molecule has 0 spiro atoms. The molecule has 0 bridgehead atoms. The van der Waals surface area contributed by atoms with Gasteiger partial charge in [0.2, 0.25) is 5.91 Å². The van der Waals surface area contributed by atoms with Crippen molar-refractivity contribution >= 4 is 27.5 Å². The first-order valence-electron chi connectivity index (χ1n) is 8.46. The molecule has 4 nitrogen and oxygen atoms in total. The lowest BCUT2D eigenvalue weighted by atomic mass is 10.1. The summed E-state index contributed by atoms with van der Waals surface area (Å²) in [6, 6.07) is 12.1. The van der Waals surface area contributed by atoms with E-state index in [-0.39, 0.29) is 34.1 Å². The van der Waals surface area contributed by atoms with Crippen molar-refractivity contribution < 1.29 is 22.0 Å². The molecule has 0 saturated carbocycles. The Hall–Kier alpha value is -1.93. The Labute approximate surface area is 161 Å². The van der Waals surface area contributed by atoms with E-state index in [1.165, 1.54) is 6.07 Å². The molecule has 0 N–H and O–H groups in total. The molecule has 8 heteroatoms. The molecule has 0 radical (unpaired) electrons. The predicted octanol–water partition coefficient (Wildman–Crippen LogP) is 3.27. The average Bonchev–Trinajstić information content (AvgIpc) is 2.99. The molecule has 0 unspecified atom stereocenters. The minimum Gasteiger partial charge on any atom is -0.334 e. The molecule has 0 aromatic heterocycles. The van der Waals surface area contributed by atoms with Crippen molar-refractivity contribution in [2.75, 3.05) is 17.3 Å². The second-order valence-electron chi connectivity index (χ2n) is 6.43. The zero-order valence-electron chi connectivity index (χ0n) is 14.5. The number of hydrogen-bond donors (Lipinski definition) is 0. The zero-order chi connectivity index (χ0) is 19.4. The lowest BCUT2D eigenvalue weighted by molar-refractivity contribution is -0.130. The smallest absolute Gasteiger partial charge is 0.233 e. The highest BCUT2D eigenvalue weighted by molar-refractivity contribution is 8.00. The van der Waals surface area contributed by atoms with E-state index in [1.807, 2.05) is 30.3 Å². The van der Waals surface area contributed by atoms with Crippen molar-refractivity contribution in [3.8, 4) is 0 Å². The molecule has 1 fully saturated rings. The fourth-order valence-electron chi connectivity index (χ4n) is 3.04. The summed E-state index contributed by atoms with van der Waals surface area (Å²) in [6.07, 6.45) is 0.399. The number of hydrogen-bond acceptors (Lipinski definition) is 4. The average molecular weight is 411 g/mol. The first-order valence-corrected chi connectivity index (χ1v) is 11.3. The Morgan fingerprint density at radius 3 is 2.52 bits per heavy atom. The van der Waals surface area contributed by atoms with Gasteiger partial charge in [0.05, 0.1) is 17.3 Å². The maximum Gasteiger partial charge on any atom is 0.233 e. The highest BCUT2D eigenvalue weighted by atomic mass is 32.2. The summed E-state index contributed by atoms with van der Waals surface area (Å²) < 4.78 is 50.5. The van der Waals surface area contributed by atoms with Gasteiger partial charge >= 0.3 is 0 Å². The van der Waals surface area contributed by atoms with Gasteiger partial charge in [0, 0.05) is 23.5 Å². The third-order valence-corrected chi connectivity index (χ3v) is 7.19. The van der Waals surface area contributed by atoms with E-state index in [2.05, 4.69) is 0 Å². The largest absolute Gasteiger partial charge is 0.334 e. The summed E-state index contributed by atoms with van der Waals surface area (Å²) in [5, 5.41) is 0. The molecule has 1 aliphatic rings. The van der Waals surface area contributed by atoms with Crippen molar-refractivity contribution in [3.63, 3.8) is 0 Å². The van der Waals surface area contributed by atoms with Crippen molar-refractivity contribution in [1.82, 2.24) is 4.90 Å². The van der Waals surface area contributed by atoms with E-state index in [4.69, 9.17) is 0 Å². The van der Waals surface area contributed by atoms with Crippen molar-refractivity contribution in [1.29, 1.82) is 0 Å². The highest BCUT2D eigenvalue weighted by Crippen LogP contribution is 2.25. The maximum atomic E-state index is 13.8. The first kappa shape index (κ1) is 19.8. The minimum atomic E-state index is -3.15. The molecule has 2 aromatic rings. The van der Waals surface area contributed by atoms with Gasteiger partial charge in [-0.15, -0.1) is 11.8 Å². The second-order valence-corrected chi connectivity index (χ2v) is 9.67. The topological polar surface area (TPSA) is 54.5 Å². The number of benzene rings is 2. The number of halogens is 2. The molecule has 1 amide bonds. The van der Waals surface area contributed by atoms with E-state index in [1.54, 1.807) is 4.90 Å². The summed E-state index contributed by atoms with van der Waals surface area (Å²) in [7, 11) is -3.15. The van der Waals surface area contributed by atoms with Crippen LogP contribution in [0.15, 0.2) is 53.4 Å². The third-order valence-electron chi connectivity index (χ3n) is 4.41. The lowest BCUT2D eigenvalue weighted by Gasteiger charge is -2.28. The molecular formula is C19H19F2NO3S2. The van der Waals surface area contributed by atoms with Crippen molar-refractivity contribution in [3.05, 3.63) is 65.7 Å². The van der Waals surface area contributed by atoms with Crippen LogP contribution < -0.4 is 0 Å². The Morgan fingerprint density at radius 2 is 1.89 bits per heavy atom. The third kappa shape index (κ3) is 5.29. The number of amides is 1. The monoisotopic (exact) mass is 411 g/mol. The van der Waals surface area contributed by atoms with Crippen LogP contribution in [0.3, 0.4) is 0 Å². The molecule has 0 aliphatic carbocycles. The quantitative estimate of drug-likeness (QED) is 0.685. The van der Waals surface area contributed by atoms with Crippen LogP contribution in [0.5, 0.6) is 0 Å². The Balaban J connectivity index is 1.74. The molecule has 1 aliphatic heterocycles. The number of nitrogens with zero attached hydrogens (tertiary/aromatic N) is 1. The number of carbonyl (C=O) groups excluding carboxylic acids is 1. The van der Waals surface area contributed by atoms with Gasteiger partial charge in [-0.25, -0.2) is 17.2 Å². The standard InChI is InChI=1S/C19H19F2NO3S2/c20-15-6-7-18(17(21)10-15)26-12-19(23)22(11-14-4-2-1-3-5-14)16-8-9-27(24,25)13-16/h1-7,10,16H,8-9,11-13H2/t16-/m1/s1. The van der Waals surface area contributed by atoms with Gasteiger partial charge in [0.15, 0.2) is 9.84 Å². The van der Waals surface area contributed by atoms with Crippen molar-refractivity contribution in [2.24, 2.45) is 0 Å². The van der Waals surface area contributed by atoms with Crippen LogP contribution in [0.2, 0.25) is 0 Å². The molecule has 2 aromatic carbocycles. The van der Waals surface area contributed by atoms with E-state index >= 15 is 0 Å². The fraction of sp³-hybridized carbons (Fsp3) is 0.316. The molecule has 27 heavy (non-hydrogen) atoms. The second kappa shape index (κ2) is 8.39. The molecule has 3 rings (SSSR count). The Morgan fingerprint density at radius 1 is 1.15 bits per heavy atom. The van der Waals surface area contributed by atoms with Gasteiger partial charge in [0.25, 0.3) is 0 Å². The lowest BCUT2D eigenvalue weighted by Crippen LogP contribution is -2.41. The minimum absolute atomic E-state index is 0.0497. The fourth-order valence-corrected chi connectivity index (χ4v) is 5.57. The van der Waals surface area contributed by atoms with Crippen molar-refractivity contribution in [2.45, 2.75) is 23.9 Å². The van der Waals surface area contributed by atoms with E-state index < -0.39 is 21.5 Å². The molecule has 1 heterocycles. The molecule has 1 saturated heterocycles. The van der Waals surface area contributed by atoms with E-state index in [0.29, 0.717) is 13.0 Å². The SMILES string of the molecule is O=C(CSc1ccc(F)cc1F)N(Cc1ccccc1)[C@@H]1CCS(=O)(=O)C1. The van der Waals surface area contributed by atoms with Crippen LogP contribution in [-0.4, -0.2) is 42.5 Å². The van der Waals surface area contributed by atoms with Crippen LogP contribution in [0.4, 0.5) is 8.78 Å². The van der Waals surface area contributed by atoms with Crippen LogP contribution in [0, 0.1) is 11.6 Å². The van der Waals surface area contributed by atoms with Crippen LogP contribution in [-0.2, 0) is 21.2 Å². The molecular weight excluding hydrogens is 392 g/mol. The summed E-state index contributed by atoms with van der Waals surface area (Å²) in [6.45, 7) is 0.298. The summed E-state index contributed by atoms with van der Waals surface area (Å²) in [4.78, 5) is 14.6. The predicted molar refractivity (Wildman–Crippen MR) is 101 cm³/mol. The Bertz CT molecular complexity index is 920. The van der Waals surface area contributed by atoms with Gasteiger partial charge in [0.1, 0.15) is 11.6 Å². The van der Waals surface area contributed by atoms with Crippen LogP contribution in [0.25, 0.3) is 0 Å². The van der Waals surface area contributed by atoms with Gasteiger partial charge in [-0.05, 0) is 24.1 Å². The summed E-state index contributed by atoms with van der Waals surface area (Å²) in [5.41, 5.74) is 0.896. The van der Waals surface area contributed by atoms with Gasteiger partial charge in [-0.1, -0.05) is 30.3 Å². The number of thioether (sulfide) groups is 1. The van der Waals surface area contributed by atoms with Crippen LogP contribution in [0.1, 0.15) is 12.0 Å². The van der Waals surface area contributed by atoms with Crippen LogP contribution >= 0.6 is 11.8 Å². The normalized spacial score (nSPS) is 18.4. The van der Waals surface area contributed by atoms with E-state index in [9.17, 15) is 22.0 Å². The van der Waals surface area contributed by atoms with Gasteiger partial charge in [-0.2, -0.15) is 0 Å². The Kier molecular flexibility index (Phi) is 6.16. The summed E-state index contributed by atoms with van der Waals surface area (Å²) >= 11 is 0.979. The molecule has 144 valence electrons. The molecule has 1 atom stereocenters.